The van der Waals surface area contributed by atoms with Crippen molar-refractivity contribution in [3.8, 4) is 0 Å². The van der Waals surface area contributed by atoms with Gasteiger partial charge in [0.2, 0.25) is 0 Å². The van der Waals surface area contributed by atoms with Gasteiger partial charge in [0, 0.05) is 18.1 Å². The molecular formula is C11H11N3O2S. The number of carboxylic acid groups (broad SMARTS) is 1. The van der Waals surface area contributed by atoms with Gasteiger partial charge in [-0.3, -0.25) is 10.1 Å². The number of carboxylic acids is 1. The van der Waals surface area contributed by atoms with E-state index >= 15 is 0 Å². The second kappa shape index (κ2) is 4.05. The molecule has 3 heterocycles. The summed E-state index contributed by atoms with van der Waals surface area (Å²) in [4.78, 5) is 15.3. The minimum atomic E-state index is -0.802. The van der Waals surface area contributed by atoms with Gasteiger partial charge in [0.15, 0.2) is 0 Å². The van der Waals surface area contributed by atoms with Gasteiger partial charge in [-0.05, 0) is 12.1 Å². The van der Waals surface area contributed by atoms with Crippen molar-refractivity contribution in [3.63, 3.8) is 0 Å². The summed E-state index contributed by atoms with van der Waals surface area (Å²) in [6.07, 6.45) is 3.87. The summed E-state index contributed by atoms with van der Waals surface area (Å²) in [5.74, 6) is -0.225. The first-order valence-electron chi connectivity index (χ1n) is 5.28. The molecule has 0 bridgehead atoms. The lowest BCUT2D eigenvalue weighted by molar-refractivity contribution is -0.138. The maximum absolute atomic E-state index is 10.8. The van der Waals surface area contributed by atoms with E-state index in [4.69, 9.17) is 5.11 Å². The lowest BCUT2D eigenvalue weighted by atomic mass is 10.3. The molecule has 6 heteroatoms. The Morgan fingerprint density at radius 3 is 3.18 bits per heavy atom. The summed E-state index contributed by atoms with van der Waals surface area (Å²) in [6, 6.07) is 5.32. The summed E-state index contributed by atoms with van der Waals surface area (Å²) in [7, 11) is 0. The standard InChI is InChI=1S/C11H11N3O2S/c15-11(16)8-6-17-10(13-8)7-5-14-4-2-1-3-9(14)12-7/h1-5,8,10,13H,6H2,(H,15,16)/t8-,10?/m1/s1. The normalized spacial score (nSPS) is 24.2. The van der Waals surface area contributed by atoms with Crippen molar-refractivity contribution in [2.75, 3.05) is 5.75 Å². The maximum Gasteiger partial charge on any atom is 0.321 e. The van der Waals surface area contributed by atoms with Gasteiger partial charge in [-0.1, -0.05) is 6.07 Å². The number of fused-ring (bicyclic) bond motifs is 1. The zero-order valence-corrected chi connectivity index (χ0v) is 9.72. The Balaban J connectivity index is 1.87. The van der Waals surface area contributed by atoms with Crippen LogP contribution in [0, 0.1) is 0 Å². The first-order chi connectivity index (χ1) is 8.24. The fraction of sp³-hybridized carbons (Fsp3) is 0.273. The van der Waals surface area contributed by atoms with Crippen LogP contribution in [-0.2, 0) is 4.79 Å². The summed E-state index contributed by atoms with van der Waals surface area (Å²) in [6.45, 7) is 0. The zero-order valence-electron chi connectivity index (χ0n) is 8.91. The van der Waals surface area contributed by atoms with Crippen LogP contribution < -0.4 is 5.32 Å². The van der Waals surface area contributed by atoms with Gasteiger partial charge in [0.25, 0.3) is 0 Å². The monoisotopic (exact) mass is 249 g/mol. The van der Waals surface area contributed by atoms with Crippen LogP contribution in [0.1, 0.15) is 11.1 Å². The third kappa shape index (κ3) is 1.89. The molecule has 1 aliphatic rings. The fourth-order valence-electron chi connectivity index (χ4n) is 1.87. The average Bonchev–Trinajstić information content (AvgIpc) is 2.95. The van der Waals surface area contributed by atoms with Gasteiger partial charge in [-0.15, -0.1) is 11.8 Å². The molecule has 0 amide bonds. The molecule has 0 aromatic carbocycles. The number of aromatic nitrogens is 2. The molecule has 0 radical (unpaired) electrons. The number of nitrogens with zero attached hydrogens (tertiary/aromatic N) is 2. The smallest absolute Gasteiger partial charge is 0.321 e. The second-order valence-corrected chi connectivity index (χ2v) is 5.04. The Labute approximate surface area is 102 Å². The highest BCUT2D eigenvalue weighted by Crippen LogP contribution is 2.32. The molecule has 0 aliphatic carbocycles. The summed E-state index contributed by atoms with van der Waals surface area (Å²) in [5.41, 5.74) is 1.76. The first-order valence-corrected chi connectivity index (χ1v) is 6.33. The second-order valence-electron chi connectivity index (χ2n) is 3.90. The van der Waals surface area contributed by atoms with E-state index in [9.17, 15) is 4.79 Å². The van der Waals surface area contributed by atoms with Gasteiger partial charge in [-0.25, -0.2) is 4.98 Å². The van der Waals surface area contributed by atoms with Gasteiger partial charge in [0.1, 0.15) is 11.7 Å². The fourth-order valence-corrected chi connectivity index (χ4v) is 3.03. The number of carbonyl (C=O) groups is 1. The van der Waals surface area contributed by atoms with E-state index in [0.717, 1.165) is 11.3 Å². The Bertz CT molecular complexity index is 536. The van der Waals surface area contributed by atoms with Crippen LogP contribution in [0.4, 0.5) is 0 Å². The van der Waals surface area contributed by atoms with Gasteiger partial charge < -0.3 is 9.51 Å². The Kier molecular flexibility index (Phi) is 2.53. The van der Waals surface area contributed by atoms with E-state index in [2.05, 4.69) is 10.3 Å². The average molecular weight is 249 g/mol. The Hall–Kier alpha value is -1.53. The highest BCUT2D eigenvalue weighted by molar-refractivity contribution is 7.99. The van der Waals surface area contributed by atoms with Crippen LogP contribution in [0.25, 0.3) is 5.65 Å². The molecule has 88 valence electrons. The minimum absolute atomic E-state index is 0.0315. The van der Waals surface area contributed by atoms with Crippen molar-refractivity contribution in [2.45, 2.75) is 11.4 Å². The van der Waals surface area contributed by atoms with E-state index in [1.54, 1.807) is 11.8 Å². The molecule has 5 nitrogen and oxygen atoms in total. The van der Waals surface area contributed by atoms with Crippen LogP contribution in [0.5, 0.6) is 0 Å². The van der Waals surface area contributed by atoms with Crippen molar-refractivity contribution in [1.29, 1.82) is 0 Å². The predicted octanol–water partition coefficient (Wildman–Crippen LogP) is 1.12. The summed E-state index contributed by atoms with van der Waals surface area (Å²) < 4.78 is 1.94. The summed E-state index contributed by atoms with van der Waals surface area (Å²) >= 11 is 1.58. The van der Waals surface area contributed by atoms with Crippen molar-refractivity contribution in [1.82, 2.24) is 14.7 Å². The molecule has 1 saturated heterocycles. The number of pyridine rings is 1. The van der Waals surface area contributed by atoms with E-state index in [-0.39, 0.29) is 5.37 Å². The van der Waals surface area contributed by atoms with Crippen LogP contribution in [0.3, 0.4) is 0 Å². The van der Waals surface area contributed by atoms with Crippen LogP contribution in [0.2, 0.25) is 0 Å². The SMILES string of the molecule is O=C(O)[C@H]1CSC(c2cn3ccccc3n2)N1. The number of hydrogen-bond donors (Lipinski definition) is 2. The summed E-state index contributed by atoms with van der Waals surface area (Å²) in [5, 5.41) is 11.9. The molecule has 0 saturated carbocycles. The van der Waals surface area contributed by atoms with Gasteiger partial charge in [0.05, 0.1) is 11.1 Å². The third-order valence-corrected chi connectivity index (χ3v) is 3.97. The third-order valence-electron chi connectivity index (χ3n) is 2.73. The van der Waals surface area contributed by atoms with Crippen LogP contribution in [0.15, 0.2) is 30.6 Å². The number of aliphatic carboxylic acids is 1. The quantitative estimate of drug-likeness (QED) is 0.835. The molecule has 17 heavy (non-hydrogen) atoms. The highest BCUT2D eigenvalue weighted by atomic mass is 32.2. The Morgan fingerprint density at radius 1 is 1.59 bits per heavy atom. The van der Waals surface area contributed by atoms with Crippen LogP contribution in [-0.4, -0.2) is 32.3 Å². The lowest BCUT2D eigenvalue weighted by Gasteiger charge is -2.06. The maximum atomic E-state index is 10.8. The molecular weight excluding hydrogens is 238 g/mol. The van der Waals surface area contributed by atoms with Gasteiger partial charge >= 0.3 is 5.97 Å². The highest BCUT2D eigenvalue weighted by Gasteiger charge is 2.31. The molecule has 1 aliphatic heterocycles. The molecule has 1 fully saturated rings. The van der Waals surface area contributed by atoms with Crippen molar-refractivity contribution in [2.24, 2.45) is 0 Å². The van der Waals surface area contributed by atoms with Gasteiger partial charge in [-0.2, -0.15) is 0 Å². The number of imidazole rings is 1. The molecule has 0 spiro atoms. The van der Waals surface area contributed by atoms with Crippen LogP contribution >= 0.6 is 11.8 Å². The largest absolute Gasteiger partial charge is 0.480 e. The molecule has 2 atom stereocenters. The molecule has 3 rings (SSSR count). The van der Waals surface area contributed by atoms with E-state index < -0.39 is 12.0 Å². The van der Waals surface area contributed by atoms with Crippen molar-refractivity contribution >= 4 is 23.4 Å². The molecule has 2 N–H and O–H groups in total. The number of rotatable bonds is 2. The van der Waals surface area contributed by atoms with E-state index in [1.807, 2.05) is 35.0 Å². The van der Waals surface area contributed by atoms with E-state index in [1.165, 1.54) is 0 Å². The first kappa shape index (κ1) is 10.6. The molecule has 1 unspecified atom stereocenters. The van der Waals surface area contributed by atoms with Crippen molar-refractivity contribution < 1.29 is 9.90 Å². The van der Waals surface area contributed by atoms with E-state index in [0.29, 0.717) is 5.75 Å². The predicted molar refractivity (Wildman–Crippen MR) is 65.0 cm³/mol. The topological polar surface area (TPSA) is 66.6 Å². The Morgan fingerprint density at radius 2 is 2.47 bits per heavy atom. The minimum Gasteiger partial charge on any atom is -0.480 e. The molecule has 2 aromatic rings. The number of hydrogen-bond acceptors (Lipinski definition) is 4. The lowest BCUT2D eigenvalue weighted by Crippen LogP contribution is -2.33. The van der Waals surface area contributed by atoms with Crippen molar-refractivity contribution in [3.05, 3.63) is 36.3 Å². The molecule has 2 aromatic heterocycles. The number of thioether (sulfide) groups is 1. The zero-order chi connectivity index (χ0) is 11.8. The number of nitrogens with one attached hydrogen (secondary N) is 1.